The molecule has 0 spiro atoms. The van der Waals surface area contributed by atoms with E-state index in [0.29, 0.717) is 23.1 Å². The molecular formula is C25H25BrN4O3. The number of carbonyl (C=O) groups is 1. The Morgan fingerprint density at radius 2 is 2.03 bits per heavy atom. The number of nitrogens with zero attached hydrogens (tertiary/aromatic N) is 4. The van der Waals surface area contributed by atoms with Crippen LogP contribution in [0.2, 0.25) is 0 Å². The Morgan fingerprint density at radius 1 is 1.24 bits per heavy atom. The van der Waals surface area contributed by atoms with E-state index >= 15 is 0 Å². The molecule has 2 aromatic heterocycles. The zero-order valence-corrected chi connectivity index (χ0v) is 20.4. The first-order valence-electron chi connectivity index (χ1n) is 10.9. The third-order valence-electron chi connectivity index (χ3n) is 5.67. The molecule has 0 saturated carbocycles. The second-order valence-electron chi connectivity index (χ2n) is 7.86. The molecule has 0 fully saturated rings. The maximum absolute atomic E-state index is 13.3. The van der Waals surface area contributed by atoms with Crippen molar-refractivity contribution in [2.75, 3.05) is 7.11 Å². The minimum absolute atomic E-state index is 0.213. The molecule has 0 aliphatic heterocycles. The predicted octanol–water partition coefficient (Wildman–Crippen LogP) is 5.07. The van der Waals surface area contributed by atoms with E-state index in [4.69, 9.17) is 9.72 Å². The van der Waals surface area contributed by atoms with Gasteiger partial charge in [-0.25, -0.2) is 9.78 Å². The van der Waals surface area contributed by atoms with Gasteiger partial charge in [-0.05, 0) is 37.6 Å². The number of halogens is 1. The molecule has 0 aliphatic carbocycles. The van der Waals surface area contributed by atoms with Gasteiger partial charge >= 0.3 is 5.97 Å². The smallest absolute Gasteiger partial charge is 0.328 e. The Morgan fingerprint density at radius 3 is 2.79 bits per heavy atom. The normalized spacial score (nSPS) is 12.6. The number of rotatable bonds is 7. The number of para-hydroxylation sites is 1. The largest absolute Gasteiger partial charge is 0.467 e. The van der Waals surface area contributed by atoms with Gasteiger partial charge < -0.3 is 9.30 Å². The summed E-state index contributed by atoms with van der Waals surface area (Å²) >= 11 is 3.43. The van der Waals surface area contributed by atoms with Gasteiger partial charge in [-0.2, -0.15) is 9.78 Å². The molecule has 33 heavy (non-hydrogen) atoms. The van der Waals surface area contributed by atoms with E-state index < -0.39 is 6.04 Å². The average Bonchev–Trinajstić information content (AvgIpc) is 3.20. The summed E-state index contributed by atoms with van der Waals surface area (Å²) < 4.78 is 8.98. The van der Waals surface area contributed by atoms with Gasteiger partial charge in [-0.3, -0.25) is 4.79 Å². The molecule has 0 unspecified atom stereocenters. The summed E-state index contributed by atoms with van der Waals surface area (Å²) in [5.74, 6) is 0.293. The van der Waals surface area contributed by atoms with Crippen molar-refractivity contribution in [3.63, 3.8) is 0 Å². The fourth-order valence-corrected chi connectivity index (χ4v) is 4.23. The summed E-state index contributed by atoms with van der Waals surface area (Å²) in [6.07, 6.45) is 6.05. The molecule has 0 bridgehead atoms. The molecule has 0 aliphatic rings. The second kappa shape index (κ2) is 9.70. The molecule has 170 valence electrons. The SMILES string of the molecule is CCCCc1nc2ccc(Br)cc2c(=O)n1N=Cc1cn([C@@H](C)C(=O)OC)c2ccccc12. The van der Waals surface area contributed by atoms with Crippen LogP contribution in [0.5, 0.6) is 0 Å². The van der Waals surface area contributed by atoms with Crippen LogP contribution >= 0.6 is 15.9 Å². The summed E-state index contributed by atoms with van der Waals surface area (Å²) in [5.41, 5.74) is 2.12. The molecular weight excluding hydrogens is 484 g/mol. The predicted molar refractivity (Wildman–Crippen MR) is 134 cm³/mol. The topological polar surface area (TPSA) is 78.5 Å². The number of methoxy groups -OCH3 is 1. The number of hydrogen-bond donors (Lipinski definition) is 0. The maximum atomic E-state index is 13.3. The number of hydrogen-bond acceptors (Lipinski definition) is 5. The molecule has 8 heteroatoms. The van der Waals surface area contributed by atoms with Crippen LogP contribution in [0.3, 0.4) is 0 Å². The van der Waals surface area contributed by atoms with Crippen molar-refractivity contribution in [1.82, 2.24) is 14.2 Å². The standard InChI is InChI=1S/C25H25BrN4O3/c1-4-5-10-23-28-21-12-11-18(26)13-20(21)24(31)30(23)27-14-17-15-29(16(2)25(32)33-3)22-9-7-6-8-19(17)22/h6-9,11-16H,4-5,10H2,1-3H3/t16-/m0/s1. The maximum Gasteiger partial charge on any atom is 0.328 e. The van der Waals surface area contributed by atoms with Gasteiger partial charge in [0.25, 0.3) is 5.56 Å². The highest BCUT2D eigenvalue weighted by atomic mass is 79.9. The molecule has 0 amide bonds. The van der Waals surface area contributed by atoms with Crippen molar-refractivity contribution in [3.8, 4) is 0 Å². The molecule has 7 nitrogen and oxygen atoms in total. The number of ether oxygens (including phenoxy) is 1. The van der Waals surface area contributed by atoms with Crippen LogP contribution in [0.25, 0.3) is 21.8 Å². The second-order valence-corrected chi connectivity index (χ2v) is 8.78. The highest BCUT2D eigenvalue weighted by molar-refractivity contribution is 9.10. The van der Waals surface area contributed by atoms with Crippen molar-refractivity contribution < 1.29 is 9.53 Å². The number of esters is 1. The van der Waals surface area contributed by atoms with Gasteiger partial charge in [0, 0.05) is 33.6 Å². The molecule has 1 atom stereocenters. The number of carbonyl (C=O) groups excluding carboxylic acids is 1. The van der Waals surface area contributed by atoms with Gasteiger partial charge in [0.1, 0.15) is 11.9 Å². The first kappa shape index (κ1) is 22.9. The first-order valence-corrected chi connectivity index (χ1v) is 11.7. The Bertz CT molecular complexity index is 1420. The zero-order chi connectivity index (χ0) is 23.5. The van der Waals surface area contributed by atoms with E-state index in [1.54, 1.807) is 19.2 Å². The molecule has 0 radical (unpaired) electrons. The number of aryl methyl sites for hydroxylation is 1. The highest BCUT2D eigenvalue weighted by Gasteiger charge is 2.19. The molecule has 4 rings (SSSR count). The zero-order valence-electron chi connectivity index (χ0n) is 18.8. The van der Waals surface area contributed by atoms with Crippen LogP contribution in [0, 0.1) is 0 Å². The van der Waals surface area contributed by atoms with Crippen molar-refractivity contribution in [3.05, 3.63) is 74.9 Å². The van der Waals surface area contributed by atoms with Crippen molar-refractivity contribution in [2.24, 2.45) is 5.10 Å². The van der Waals surface area contributed by atoms with E-state index in [2.05, 4.69) is 28.0 Å². The van der Waals surface area contributed by atoms with Gasteiger partial charge in [-0.15, -0.1) is 0 Å². The van der Waals surface area contributed by atoms with Crippen LogP contribution in [0.15, 0.2) is 63.0 Å². The van der Waals surface area contributed by atoms with Crippen LogP contribution in [0.4, 0.5) is 0 Å². The fraction of sp³-hybridized carbons (Fsp3) is 0.280. The van der Waals surface area contributed by atoms with Crippen molar-refractivity contribution in [2.45, 2.75) is 39.2 Å². The van der Waals surface area contributed by atoms with Crippen LogP contribution in [-0.2, 0) is 16.0 Å². The van der Waals surface area contributed by atoms with Crippen LogP contribution in [-0.4, -0.2) is 33.5 Å². The Balaban J connectivity index is 1.85. The van der Waals surface area contributed by atoms with Gasteiger partial charge in [0.15, 0.2) is 0 Å². The molecule has 0 N–H and O–H groups in total. The van der Waals surface area contributed by atoms with E-state index in [1.807, 2.05) is 47.2 Å². The van der Waals surface area contributed by atoms with Gasteiger partial charge in [0.2, 0.25) is 0 Å². The minimum Gasteiger partial charge on any atom is -0.467 e. The molecule has 4 aromatic rings. The summed E-state index contributed by atoms with van der Waals surface area (Å²) in [6.45, 7) is 3.89. The average molecular weight is 509 g/mol. The van der Waals surface area contributed by atoms with E-state index in [0.717, 1.165) is 33.8 Å². The summed E-state index contributed by atoms with van der Waals surface area (Å²) in [4.78, 5) is 30.2. The molecule has 2 aromatic carbocycles. The minimum atomic E-state index is -0.496. The Hall–Kier alpha value is -3.26. The highest BCUT2D eigenvalue weighted by Crippen LogP contribution is 2.24. The quantitative estimate of drug-likeness (QED) is 0.257. The first-order chi connectivity index (χ1) is 15.9. The van der Waals surface area contributed by atoms with Crippen LogP contribution < -0.4 is 5.56 Å². The lowest BCUT2D eigenvalue weighted by molar-refractivity contribution is -0.143. The van der Waals surface area contributed by atoms with E-state index in [1.165, 1.54) is 11.8 Å². The third kappa shape index (κ3) is 4.48. The monoisotopic (exact) mass is 508 g/mol. The summed E-state index contributed by atoms with van der Waals surface area (Å²) in [7, 11) is 1.38. The fourth-order valence-electron chi connectivity index (χ4n) is 3.87. The lowest BCUT2D eigenvalue weighted by Crippen LogP contribution is -2.22. The van der Waals surface area contributed by atoms with E-state index in [-0.39, 0.29) is 11.5 Å². The summed E-state index contributed by atoms with van der Waals surface area (Å²) in [6, 6.07) is 12.8. The number of fused-ring (bicyclic) bond motifs is 2. The number of unbranched alkanes of at least 4 members (excludes halogenated alkanes) is 1. The van der Waals surface area contributed by atoms with Crippen LogP contribution in [0.1, 0.15) is 44.1 Å². The van der Waals surface area contributed by atoms with Crippen molar-refractivity contribution in [1.29, 1.82) is 0 Å². The number of benzene rings is 2. The Kier molecular flexibility index (Phi) is 6.74. The lowest BCUT2D eigenvalue weighted by atomic mass is 10.2. The Labute approximate surface area is 199 Å². The molecule has 2 heterocycles. The van der Waals surface area contributed by atoms with Gasteiger partial charge in [-0.1, -0.05) is 47.5 Å². The van der Waals surface area contributed by atoms with Crippen molar-refractivity contribution >= 4 is 49.9 Å². The summed E-state index contributed by atoms with van der Waals surface area (Å²) in [5, 5.41) is 6.00. The van der Waals surface area contributed by atoms with E-state index in [9.17, 15) is 9.59 Å². The molecule has 0 saturated heterocycles. The van der Waals surface area contributed by atoms with Gasteiger partial charge in [0.05, 0.1) is 24.2 Å². The third-order valence-corrected chi connectivity index (χ3v) is 6.17. The lowest BCUT2D eigenvalue weighted by Gasteiger charge is -2.12. The number of aromatic nitrogens is 3.